The molecule has 10 heteroatoms. The van der Waals surface area contributed by atoms with Crippen LogP contribution in [0.1, 0.15) is 57.5 Å². The highest BCUT2D eigenvalue weighted by molar-refractivity contribution is 6.30. The molecule has 240 valence electrons. The lowest BCUT2D eigenvalue weighted by Crippen LogP contribution is -2.48. The number of nitrogens with zero attached hydrogens (tertiary/aromatic N) is 6. The zero-order valence-electron chi connectivity index (χ0n) is 26.5. The molecule has 2 aliphatic rings. The van der Waals surface area contributed by atoms with E-state index in [0.717, 1.165) is 36.5 Å². The molecule has 1 amide bonds. The summed E-state index contributed by atoms with van der Waals surface area (Å²) < 4.78 is 0. The summed E-state index contributed by atoms with van der Waals surface area (Å²) in [5.41, 5.74) is 5.59. The Morgan fingerprint density at radius 3 is 2.49 bits per heavy atom. The molecule has 2 aliphatic heterocycles. The number of piperazine rings is 1. The van der Waals surface area contributed by atoms with Crippen LogP contribution in [-0.2, 0) is 19.4 Å². The van der Waals surface area contributed by atoms with Crippen molar-refractivity contribution in [3.8, 4) is 0 Å². The van der Waals surface area contributed by atoms with Gasteiger partial charge in [-0.2, -0.15) is 0 Å². The molecule has 0 bridgehead atoms. The normalized spacial score (nSPS) is 17.0. The maximum Gasteiger partial charge on any atom is 0.258 e. The predicted molar refractivity (Wildman–Crippen MR) is 185 cm³/mol. The van der Waals surface area contributed by atoms with Crippen molar-refractivity contribution in [3.05, 3.63) is 128 Å². The summed E-state index contributed by atoms with van der Waals surface area (Å²) in [6.45, 7) is 5.99. The number of fused-ring (bicyclic) bond motifs is 1. The first-order valence-electron chi connectivity index (χ1n) is 16.3. The molecular formula is C37H38ClN7O2. The minimum absolute atomic E-state index is 0.0381. The number of aryl methyl sites for hydroxylation is 3. The Balaban J connectivity index is 1.09. The molecule has 0 saturated carbocycles. The average Bonchev–Trinajstić information content (AvgIpc) is 3.58. The van der Waals surface area contributed by atoms with Crippen molar-refractivity contribution in [2.45, 2.75) is 45.2 Å². The van der Waals surface area contributed by atoms with Crippen molar-refractivity contribution < 1.29 is 4.79 Å². The minimum atomic E-state index is -0.130. The molecule has 3 aromatic carbocycles. The number of carbonyl (C=O) groups excluding carboxylic acids is 1. The van der Waals surface area contributed by atoms with Gasteiger partial charge in [-0.25, -0.2) is 15.0 Å². The van der Waals surface area contributed by atoms with Crippen molar-refractivity contribution in [1.29, 1.82) is 0 Å². The molecule has 1 N–H and O–H groups in total. The SMILES string of the molecule is Cc1ccccc1CCc1nc(N2CCCC2c2ccc(Cl)cc2)ncc1C(=O)N1CCN(Cc2nc3ccccc3c(=O)[nH]2)CC1. The molecule has 0 spiro atoms. The summed E-state index contributed by atoms with van der Waals surface area (Å²) in [6.07, 6.45) is 5.22. The molecule has 7 rings (SSSR count). The molecule has 47 heavy (non-hydrogen) atoms. The molecule has 1 unspecified atom stereocenters. The van der Waals surface area contributed by atoms with Gasteiger partial charge in [0.05, 0.1) is 34.7 Å². The van der Waals surface area contributed by atoms with E-state index in [9.17, 15) is 9.59 Å². The lowest BCUT2D eigenvalue weighted by atomic mass is 10.0. The minimum Gasteiger partial charge on any atom is -0.336 e. The van der Waals surface area contributed by atoms with Gasteiger partial charge in [0.1, 0.15) is 5.82 Å². The van der Waals surface area contributed by atoms with E-state index in [-0.39, 0.29) is 17.5 Å². The fraction of sp³-hybridized carbons (Fsp3) is 0.324. The highest BCUT2D eigenvalue weighted by Gasteiger charge is 2.30. The molecule has 0 radical (unpaired) electrons. The third-order valence-electron chi connectivity index (χ3n) is 9.44. The summed E-state index contributed by atoms with van der Waals surface area (Å²) in [6, 6.07) is 23.9. The number of rotatable bonds is 8. The summed E-state index contributed by atoms with van der Waals surface area (Å²) in [4.78, 5) is 50.5. The summed E-state index contributed by atoms with van der Waals surface area (Å²) >= 11 is 6.18. The van der Waals surface area contributed by atoms with Crippen LogP contribution in [0.2, 0.25) is 5.02 Å². The van der Waals surface area contributed by atoms with Gasteiger partial charge in [0.25, 0.3) is 11.5 Å². The van der Waals surface area contributed by atoms with Crippen molar-refractivity contribution >= 4 is 34.4 Å². The maximum absolute atomic E-state index is 14.0. The second kappa shape index (κ2) is 13.6. The number of amides is 1. The maximum atomic E-state index is 14.0. The van der Waals surface area contributed by atoms with Crippen LogP contribution in [0, 0.1) is 6.92 Å². The number of hydrogen-bond acceptors (Lipinski definition) is 7. The van der Waals surface area contributed by atoms with E-state index in [1.165, 1.54) is 16.7 Å². The first-order chi connectivity index (χ1) is 22.9. The van der Waals surface area contributed by atoms with Crippen LogP contribution in [0.3, 0.4) is 0 Å². The van der Waals surface area contributed by atoms with E-state index in [1.54, 1.807) is 12.3 Å². The summed E-state index contributed by atoms with van der Waals surface area (Å²) in [7, 11) is 0. The second-order valence-electron chi connectivity index (χ2n) is 12.5. The van der Waals surface area contributed by atoms with Crippen molar-refractivity contribution in [1.82, 2.24) is 29.7 Å². The topological polar surface area (TPSA) is 98.3 Å². The molecule has 2 aromatic heterocycles. The molecule has 1 atom stereocenters. The first kappa shape index (κ1) is 31.0. The van der Waals surface area contributed by atoms with Gasteiger partial charge in [-0.3, -0.25) is 14.5 Å². The third kappa shape index (κ3) is 6.77. The smallest absolute Gasteiger partial charge is 0.258 e. The van der Waals surface area contributed by atoms with Gasteiger partial charge in [-0.1, -0.05) is 60.1 Å². The van der Waals surface area contributed by atoms with Crippen LogP contribution < -0.4 is 10.5 Å². The highest BCUT2D eigenvalue weighted by Crippen LogP contribution is 2.35. The Morgan fingerprint density at radius 1 is 0.915 bits per heavy atom. The lowest BCUT2D eigenvalue weighted by Gasteiger charge is -2.34. The highest BCUT2D eigenvalue weighted by atomic mass is 35.5. The molecule has 4 heterocycles. The molecule has 2 fully saturated rings. The number of halogens is 1. The Labute approximate surface area is 279 Å². The van der Waals surface area contributed by atoms with Crippen molar-refractivity contribution in [2.24, 2.45) is 0 Å². The lowest BCUT2D eigenvalue weighted by molar-refractivity contribution is 0.0623. The number of benzene rings is 3. The quantitative estimate of drug-likeness (QED) is 0.229. The van der Waals surface area contributed by atoms with E-state index in [1.807, 2.05) is 41.3 Å². The molecule has 2 saturated heterocycles. The molecular weight excluding hydrogens is 610 g/mol. The summed E-state index contributed by atoms with van der Waals surface area (Å²) in [5, 5.41) is 1.31. The fourth-order valence-corrected chi connectivity index (χ4v) is 6.92. The van der Waals surface area contributed by atoms with Gasteiger partial charge in [0.2, 0.25) is 5.95 Å². The van der Waals surface area contributed by atoms with E-state index >= 15 is 0 Å². The van der Waals surface area contributed by atoms with Gasteiger partial charge in [0.15, 0.2) is 0 Å². The number of nitrogens with one attached hydrogen (secondary N) is 1. The van der Waals surface area contributed by atoms with E-state index in [2.05, 4.69) is 57.0 Å². The summed E-state index contributed by atoms with van der Waals surface area (Å²) in [5.74, 6) is 1.26. The third-order valence-corrected chi connectivity index (χ3v) is 9.69. The number of para-hydroxylation sites is 1. The number of carbonyl (C=O) groups is 1. The van der Waals surface area contributed by atoms with Gasteiger partial charge < -0.3 is 14.8 Å². The first-order valence-corrected chi connectivity index (χ1v) is 16.7. The Hall–Kier alpha value is -4.60. The predicted octanol–water partition coefficient (Wildman–Crippen LogP) is 5.76. The Morgan fingerprint density at radius 2 is 1.68 bits per heavy atom. The van der Waals surface area contributed by atoms with Gasteiger partial charge in [-0.15, -0.1) is 0 Å². The van der Waals surface area contributed by atoms with Gasteiger partial charge >= 0.3 is 0 Å². The van der Waals surface area contributed by atoms with Gasteiger partial charge in [0, 0.05) is 43.9 Å². The number of hydrogen-bond donors (Lipinski definition) is 1. The largest absolute Gasteiger partial charge is 0.336 e. The fourth-order valence-electron chi connectivity index (χ4n) is 6.80. The van der Waals surface area contributed by atoms with Crippen LogP contribution in [0.4, 0.5) is 5.95 Å². The standard InChI is InChI=1S/C37H38ClN7O2/c1-25-7-2-3-8-26(25)14-17-32-30(23-39-37(41-32)45-18-6-11-33(45)27-12-15-28(38)16-13-27)36(47)44-21-19-43(20-22-44)24-34-40-31-10-5-4-9-29(31)35(46)42-34/h2-5,7-10,12-13,15-16,23,33H,6,11,14,17-22,24H2,1H3,(H,40,42,46). The zero-order valence-corrected chi connectivity index (χ0v) is 27.3. The van der Waals surface area contributed by atoms with Crippen LogP contribution in [0.25, 0.3) is 10.9 Å². The van der Waals surface area contributed by atoms with Crippen LogP contribution in [0.15, 0.2) is 83.8 Å². The average molecular weight is 648 g/mol. The second-order valence-corrected chi connectivity index (χ2v) is 12.9. The van der Waals surface area contributed by atoms with Crippen LogP contribution in [0.5, 0.6) is 0 Å². The van der Waals surface area contributed by atoms with Crippen LogP contribution in [-0.4, -0.2) is 68.4 Å². The molecule has 0 aliphatic carbocycles. The monoisotopic (exact) mass is 647 g/mol. The van der Waals surface area contributed by atoms with E-state index in [0.29, 0.717) is 67.4 Å². The van der Waals surface area contributed by atoms with Crippen molar-refractivity contribution in [3.63, 3.8) is 0 Å². The molecule has 9 nitrogen and oxygen atoms in total. The van der Waals surface area contributed by atoms with E-state index < -0.39 is 0 Å². The van der Waals surface area contributed by atoms with Crippen LogP contribution >= 0.6 is 11.6 Å². The number of aromatic amines is 1. The molecule has 5 aromatic rings. The zero-order chi connectivity index (χ0) is 32.3. The van der Waals surface area contributed by atoms with Gasteiger partial charge in [-0.05, 0) is 73.6 Å². The van der Waals surface area contributed by atoms with Crippen molar-refractivity contribution in [2.75, 3.05) is 37.6 Å². The Bertz CT molecular complexity index is 1950. The number of aromatic nitrogens is 4. The number of H-pyrrole nitrogens is 1. The number of anilines is 1. The van der Waals surface area contributed by atoms with E-state index in [4.69, 9.17) is 21.6 Å². The Kier molecular flexibility index (Phi) is 9.00.